The van der Waals surface area contributed by atoms with Crippen LogP contribution < -0.4 is 10.6 Å². The van der Waals surface area contributed by atoms with Crippen molar-refractivity contribution in [2.75, 3.05) is 0 Å². The first-order valence-corrected chi connectivity index (χ1v) is 9.97. The molecule has 5 aliphatic rings. The Kier molecular flexibility index (Phi) is 4.12. The molecule has 134 valence electrons. The summed E-state index contributed by atoms with van der Waals surface area (Å²) in [6.07, 6.45) is 9.86. The Balaban J connectivity index is 1.28. The summed E-state index contributed by atoms with van der Waals surface area (Å²) >= 11 is 0. The standard InChI is InChI=1S/C20H32N2O2/c1-20(2,10-17(23)21-16-3-4-16)11-18(24)22-19-14-6-12-5-13(8-14)9-15(19)7-12/h12-16,19H,3-11H2,1-2H3,(H,21,23)(H,22,24). The lowest BCUT2D eigenvalue weighted by molar-refractivity contribution is -0.128. The first-order valence-electron chi connectivity index (χ1n) is 9.97. The molecule has 0 atom stereocenters. The number of carbonyl (C=O) groups is 2. The summed E-state index contributed by atoms with van der Waals surface area (Å²) in [5.74, 6) is 3.55. The van der Waals surface area contributed by atoms with E-state index in [0.29, 0.717) is 36.8 Å². The van der Waals surface area contributed by atoms with Gasteiger partial charge in [-0.15, -0.1) is 0 Å². The molecule has 0 saturated heterocycles. The molecule has 0 radical (unpaired) electrons. The van der Waals surface area contributed by atoms with Gasteiger partial charge < -0.3 is 10.6 Å². The number of nitrogens with one attached hydrogen (secondary N) is 2. The highest BCUT2D eigenvalue weighted by Gasteiger charge is 2.48. The van der Waals surface area contributed by atoms with E-state index in [0.717, 1.165) is 24.7 Å². The van der Waals surface area contributed by atoms with Crippen LogP contribution in [0.3, 0.4) is 0 Å². The van der Waals surface area contributed by atoms with Crippen LogP contribution in [0.5, 0.6) is 0 Å². The van der Waals surface area contributed by atoms with E-state index in [9.17, 15) is 9.59 Å². The zero-order chi connectivity index (χ0) is 16.9. The molecule has 0 aromatic carbocycles. The average Bonchev–Trinajstić information content (AvgIpc) is 3.24. The average molecular weight is 332 g/mol. The maximum atomic E-state index is 12.6. The molecule has 0 aromatic rings. The van der Waals surface area contributed by atoms with Crippen LogP contribution >= 0.6 is 0 Å². The van der Waals surface area contributed by atoms with Crippen LogP contribution in [0.4, 0.5) is 0 Å². The number of amides is 2. The normalized spacial score (nSPS) is 37.3. The van der Waals surface area contributed by atoms with E-state index in [2.05, 4.69) is 10.6 Å². The van der Waals surface area contributed by atoms with Crippen LogP contribution in [0.25, 0.3) is 0 Å². The molecule has 0 aromatic heterocycles. The maximum absolute atomic E-state index is 12.6. The van der Waals surface area contributed by atoms with Crippen molar-refractivity contribution in [2.45, 2.75) is 83.7 Å². The first kappa shape index (κ1) is 16.4. The summed E-state index contributed by atoms with van der Waals surface area (Å²) in [4.78, 5) is 24.7. The number of rotatable bonds is 6. The Morgan fingerprint density at radius 2 is 1.33 bits per heavy atom. The minimum Gasteiger partial charge on any atom is -0.353 e. The van der Waals surface area contributed by atoms with Gasteiger partial charge in [-0.05, 0) is 74.0 Å². The minimum atomic E-state index is -0.269. The zero-order valence-corrected chi connectivity index (χ0v) is 15.1. The summed E-state index contributed by atoms with van der Waals surface area (Å²) in [6.45, 7) is 4.08. The van der Waals surface area contributed by atoms with Gasteiger partial charge in [0.25, 0.3) is 0 Å². The molecule has 0 spiro atoms. The summed E-state index contributed by atoms with van der Waals surface area (Å²) in [7, 11) is 0. The topological polar surface area (TPSA) is 58.2 Å². The Morgan fingerprint density at radius 1 is 0.833 bits per heavy atom. The van der Waals surface area contributed by atoms with E-state index in [1.807, 2.05) is 13.8 Å². The minimum absolute atomic E-state index is 0.102. The van der Waals surface area contributed by atoms with Crippen LogP contribution in [-0.4, -0.2) is 23.9 Å². The first-order chi connectivity index (χ1) is 11.4. The summed E-state index contributed by atoms with van der Waals surface area (Å²) in [5.41, 5.74) is -0.269. The molecule has 24 heavy (non-hydrogen) atoms. The third-order valence-electron chi connectivity index (χ3n) is 6.78. The smallest absolute Gasteiger partial charge is 0.220 e. The van der Waals surface area contributed by atoms with Gasteiger partial charge in [-0.3, -0.25) is 9.59 Å². The van der Waals surface area contributed by atoms with Crippen LogP contribution in [0.15, 0.2) is 0 Å². The van der Waals surface area contributed by atoms with Gasteiger partial charge in [0.15, 0.2) is 0 Å². The lowest BCUT2D eigenvalue weighted by atomic mass is 9.54. The van der Waals surface area contributed by atoms with Gasteiger partial charge in [0.2, 0.25) is 11.8 Å². The van der Waals surface area contributed by atoms with Gasteiger partial charge in [0.1, 0.15) is 0 Å². The molecule has 0 heterocycles. The van der Waals surface area contributed by atoms with E-state index in [4.69, 9.17) is 0 Å². The molecule has 4 nitrogen and oxygen atoms in total. The highest BCUT2D eigenvalue weighted by atomic mass is 16.2. The van der Waals surface area contributed by atoms with Crippen molar-refractivity contribution in [3.05, 3.63) is 0 Å². The Morgan fingerprint density at radius 3 is 1.83 bits per heavy atom. The Labute approximate surface area is 145 Å². The summed E-state index contributed by atoms with van der Waals surface area (Å²) < 4.78 is 0. The van der Waals surface area contributed by atoms with E-state index in [1.54, 1.807) is 0 Å². The second kappa shape index (κ2) is 6.03. The van der Waals surface area contributed by atoms with Crippen molar-refractivity contribution >= 4 is 11.8 Å². The van der Waals surface area contributed by atoms with Crippen LogP contribution in [0.2, 0.25) is 0 Å². The monoisotopic (exact) mass is 332 g/mol. The molecule has 5 rings (SSSR count). The molecule has 0 aliphatic heterocycles. The summed E-state index contributed by atoms with van der Waals surface area (Å²) in [5, 5.41) is 6.41. The van der Waals surface area contributed by atoms with Crippen LogP contribution in [0, 0.1) is 29.1 Å². The fourth-order valence-corrected chi connectivity index (χ4v) is 5.84. The van der Waals surface area contributed by atoms with E-state index in [1.165, 1.54) is 32.1 Å². The van der Waals surface area contributed by atoms with Gasteiger partial charge in [-0.2, -0.15) is 0 Å². The predicted molar refractivity (Wildman–Crippen MR) is 93.2 cm³/mol. The SMILES string of the molecule is CC(C)(CC(=O)NC1CC1)CC(=O)NC1C2CC3CC(C2)CC1C3. The number of carbonyl (C=O) groups excluding carboxylic acids is 2. The van der Waals surface area contributed by atoms with Gasteiger partial charge in [-0.25, -0.2) is 0 Å². The predicted octanol–water partition coefficient (Wildman–Crippen LogP) is 3.01. The molecular weight excluding hydrogens is 300 g/mol. The molecule has 5 fully saturated rings. The Bertz CT molecular complexity index is 496. The second-order valence-electron chi connectivity index (χ2n) is 9.88. The highest BCUT2D eigenvalue weighted by molar-refractivity contribution is 5.80. The molecule has 0 unspecified atom stereocenters. The lowest BCUT2D eigenvalue weighted by Crippen LogP contribution is -2.56. The van der Waals surface area contributed by atoms with Crippen molar-refractivity contribution in [3.8, 4) is 0 Å². The van der Waals surface area contributed by atoms with Crippen molar-refractivity contribution in [3.63, 3.8) is 0 Å². The van der Waals surface area contributed by atoms with E-state index in [-0.39, 0.29) is 17.2 Å². The van der Waals surface area contributed by atoms with Crippen LogP contribution in [0.1, 0.15) is 71.6 Å². The second-order valence-corrected chi connectivity index (χ2v) is 9.88. The molecule has 4 heteroatoms. The van der Waals surface area contributed by atoms with Gasteiger partial charge in [0.05, 0.1) is 0 Å². The Hall–Kier alpha value is -1.06. The molecule has 2 N–H and O–H groups in total. The third kappa shape index (κ3) is 3.62. The van der Waals surface area contributed by atoms with Gasteiger partial charge in [0, 0.05) is 24.9 Å². The van der Waals surface area contributed by atoms with Crippen molar-refractivity contribution < 1.29 is 9.59 Å². The molecule has 2 amide bonds. The van der Waals surface area contributed by atoms with Gasteiger partial charge in [-0.1, -0.05) is 13.8 Å². The summed E-state index contributed by atoms with van der Waals surface area (Å²) in [6, 6.07) is 0.802. The fraction of sp³-hybridized carbons (Fsp3) is 0.900. The molecule has 5 saturated carbocycles. The highest BCUT2D eigenvalue weighted by Crippen LogP contribution is 2.53. The number of hydrogen-bond acceptors (Lipinski definition) is 2. The zero-order valence-electron chi connectivity index (χ0n) is 15.1. The van der Waals surface area contributed by atoms with E-state index >= 15 is 0 Å². The van der Waals surface area contributed by atoms with Crippen molar-refractivity contribution in [2.24, 2.45) is 29.1 Å². The molecular formula is C20H32N2O2. The van der Waals surface area contributed by atoms with Gasteiger partial charge >= 0.3 is 0 Å². The maximum Gasteiger partial charge on any atom is 0.220 e. The fourth-order valence-electron chi connectivity index (χ4n) is 5.84. The lowest BCUT2D eigenvalue weighted by Gasteiger charge is -2.54. The van der Waals surface area contributed by atoms with Crippen molar-refractivity contribution in [1.82, 2.24) is 10.6 Å². The largest absolute Gasteiger partial charge is 0.353 e. The third-order valence-corrected chi connectivity index (χ3v) is 6.78. The molecule has 5 aliphatic carbocycles. The quantitative estimate of drug-likeness (QED) is 0.785. The molecule has 4 bridgehead atoms. The van der Waals surface area contributed by atoms with Crippen molar-refractivity contribution in [1.29, 1.82) is 0 Å². The van der Waals surface area contributed by atoms with E-state index < -0.39 is 0 Å². The van der Waals surface area contributed by atoms with Crippen LogP contribution in [-0.2, 0) is 9.59 Å². The number of hydrogen-bond donors (Lipinski definition) is 2.